The Balaban J connectivity index is 2.00. The molecular weight excluding hydrogens is 296 g/mol. The minimum atomic E-state index is -0.437. The summed E-state index contributed by atoms with van der Waals surface area (Å²) >= 11 is 1.07. The molecule has 10 heteroatoms. The fourth-order valence-electron chi connectivity index (χ4n) is 1.99. The zero-order valence-electron chi connectivity index (χ0n) is 11.3. The Kier molecular flexibility index (Phi) is 3.01. The predicted molar refractivity (Wildman–Crippen MR) is 78.8 cm³/mol. The van der Waals surface area contributed by atoms with Gasteiger partial charge in [-0.05, 0) is 0 Å². The summed E-state index contributed by atoms with van der Waals surface area (Å²) in [4.78, 5) is 44.4. The second kappa shape index (κ2) is 4.74. The van der Waals surface area contributed by atoms with Crippen molar-refractivity contribution in [1.82, 2.24) is 24.1 Å². The average molecular weight is 308 g/mol. The highest BCUT2D eigenvalue weighted by Crippen LogP contribution is 2.09. The van der Waals surface area contributed by atoms with Gasteiger partial charge in [0.25, 0.3) is 5.56 Å². The van der Waals surface area contributed by atoms with E-state index in [0.717, 1.165) is 15.9 Å². The van der Waals surface area contributed by atoms with Gasteiger partial charge in [-0.25, -0.2) is 4.79 Å². The molecule has 3 N–H and O–H groups in total. The normalized spacial score (nSPS) is 11.1. The number of hydrogen-bond donors (Lipinski definition) is 3. The Bertz CT molecular complexity index is 988. The summed E-state index contributed by atoms with van der Waals surface area (Å²) in [5.41, 5.74) is 0.378. The number of rotatable bonds is 3. The monoisotopic (exact) mass is 308 g/mol. The summed E-state index contributed by atoms with van der Waals surface area (Å²) in [5, 5.41) is 4.66. The largest absolute Gasteiger partial charge is 0.350 e. The lowest BCUT2D eigenvalue weighted by Gasteiger charge is -2.00. The summed E-state index contributed by atoms with van der Waals surface area (Å²) in [6.07, 6.45) is 0. The highest BCUT2D eigenvalue weighted by Gasteiger charge is 2.13. The van der Waals surface area contributed by atoms with Crippen molar-refractivity contribution in [3.05, 3.63) is 41.6 Å². The first-order chi connectivity index (χ1) is 9.97. The van der Waals surface area contributed by atoms with Crippen LogP contribution in [0.1, 0.15) is 5.69 Å². The number of fused-ring (bicyclic) bond motifs is 1. The second-order valence-electron chi connectivity index (χ2n) is 4.52. The van der Waals surface area contributed by atoms with E-state index in [-0.39, 0.29) is 16.0 Å². The first-order valence-corrected chi connectivity index (χ1v) is 6.91. The molecule has 9 nitrogen and oxygen atoms in total. The lowest BCUT2D eigenvalue weighted by molar-refractivity contribution is 0.709. The molecule has 0 fully saturated rings. The minimum Gasteiger partial charge on any atom is -0.350 e. The van der Waals surface area contributed by atoms with Gasteiger partial charge in [-0.1, -0.05) is 11.3 Å². The SMILES string of the molecule is Cn1c(=O)c2[nH]c(NCc3csc(=O)[nH]3)nc2n(C)c1=O. The van der Waals surface area contributed by atoms with Crippen LogP contribution in [0.4, 0.5) is 5.95 Å². The van der Waals surface area contributed by atoms with E-state index in [1.807, 2.05) is 0 Å². The number of hydrogen-bond acceptors (Lipinski definition) is 6. The zero-order chi connectivity index (χ0) is 15.1. The van der Waals surface area contributed by atoms with Crippen molar-refractivity contribution >= 4 is 28.4 Å². The molecule has 0 radical (unpaired) electrons. The summed E-state index contributed by atoms with van der Waals surface area (Å²) in [6.45, 7) is 0.354. The van der Waals surface area contributed by atoms with Gasteiger partial charge in [0.15, 0.2) is 11.2 Å². The summed E-state index contributed by atoms with van der Waals surface area (Å²) in [5.74, 6) is 0.357. The molecule has 3 rings (SSSR count). The molecular formula is C11H12N6O3S. The van der Waals surface area contributed by atoms with Crippen LogP contribution in [0.5, 0.6) is 0 Å². The molecule has 110 valence electrons. The van der Waals surface area contributed by atoms with Gasteiger partial charge in [0.05, 0.1) is 6.54 Å². The van der Waals surface area contributed by atoms with Gasteiger partial charge in [0.2, 0.25) is 5.95 Å². The molecule has 0 aliphatic carbocycles. The van der Waals surface area contributed by atoms with Gasteiger partial charge in [0, 0.05) is 25.2 Å². The van der Waals surface area contributed by atoms with E-state index in [4.69, 9.17) is 0 Å². The smallest absolute Gasteiger partial charge is 0.332 e. The number of nitrogens with one attached hydrogen (secondary N) is 3. The Morgan fingerprint density at radius 2 is 2.00 bits per heavy atom. The third-order valence-corrected chi connectivity index (χ3v) is 3.83. The molecule has 0 bridgehead atoms. The summed E-state index contributed by atoms with van der Waals surface area (Å²) in [6, 6.07) is 0. The molecule has 3 heterocycles. The lowest BCUT2D eigenvalue weighted by Crippen LogP contribution is -2.36. The van der Waals surface area contributed by atoms with Gasteiger partial charge < -0.3 is 15.3 Å². The van der Waals surface area contributed by atoms with Crippen molar-refractivity contribution in [2.75, 3.05) is 5.32 Å². The highest BCUT2D eigenvalue weighted by molar-refractivity contribution is 7.07. The molecule has 0 atom stereocenters. The Labute approximate surface area is 120 Å². The third-order valence-electron chi connectivity index (χ3n) is 3.11. The van der Waals surface area contributed by atoms with Gasteiger partial charge in [0.1, 0.15) is 0 Å². The maximum atomic E-state index is 12.0. The molecule has 0 spiro atoms. The van der Waals surface area contributed by atoms with Crippen LogP contribution in [0.15, 0.2) is 19.8 Å². The van der Waals surface area contributed by atoms with Crippen LogP contribution in [0.25, 0.3) is 11.2 Å². The van der Waals surface area contributed by atoms with E-state index in [1.165, 1.54) is 11.6 Å². The number of aromatic nitrogens is 5. The van der Waals surface area contributed by atoms with E-state index in [2.05, 4.69) is 20.3 Å². The van der Waals surface area contributed by atoms with Crippen molar-refractivity contribution in [2.24, 2.45) is 14.1 Å². The predicted octanol–water partition coefficient (Wildman–Crippen LogP) is -0.678. The number of thiazole rings is 1. The maximum absolute atomic E-state index is 12.0. The number of anilines is 1. The van der Waals surface area contributed by atoms with Crippen LogP contribution < -0.4 is 21.4 Å². The topological polar surface area (TPSA) is 118 Å². The van der Waals surface area contributed by atoms with Crippen LogP contribution in [-0.2, 0) is 20.6 Å². The van der Waals surface area contributed by atoms with Crippen molar-refractivity contribution in [3.63, 3.8) is 0 Å². The molecule has 21 heavy (non-hydrogen) atoms. The zero-order valence-corrected chi connectivity index (χ0v) is 12.1. The Hall–Kier alpha value is -2.62. The highest BCUT2D eigenvalue weighted by atomic mass is 32.1. The van der Waals surface area contributed by atoms with Crippen LogP contribution in [0.2, 0.25) is 0 Å². The first-order valence-electron chi connectivity index (χ1n) is 6.03. The molecule has 0 unspecified atom stereocenters. The number of imidazole rings is 1. The quantitative estimate of drug-likeness (QED) is 0.593. The van der Waals surface area contributed by atoms with Crippen LogP contribution in [-0.4, -0.2) is 24.1 Å². The van der Waals surface area contributed by atoms with Crippen LogP contribution >= 0.6 is 11.3 Å². The molecule has 0 aliphatic rings. The Morgan fingerprint density at radius 1 is 1.24 bits per heavy atom. The van der Waals surface area contributed by atoms with Crippen molar-refractivity contribution in [2.45, 2.75) is 6.54 Å². The van der Waals surface area contributed by atoms with Crippen LogP contribution in [0, 0.1) is 0 Å². The van der Waals surface area contributed by atoms with E-state index < -0.39 is 11.2 Å². The van der Waals surface area contributed by atoms with Gasteiger partial charge in [-0.2, -0.15) is 4.98 Å². The van der Waals surface area contributed by atoms with Crippen LogP contribution in [0.3, 0.4) is 0 Å². The number of nitrogens with zero attached hydrogens (tertiary/aromatic N) is 3. The van der Waals surface area contributed by atoms with E-state index in [9.17, 15) is 14.4 Å². The van der Waals surface area contributed by atoms with Gasteiger partial charge >= 0.3 is 10.6 Å². The maximum Gasteiger partial charge on any atom is 0.332 e. The molecule has 0 aromatic carbocycles. The fourth-order valence-corrected chi connectivity index (χ4v) is 2.57. The summed E-state index contributed by atoms with van der Waals surface area (Å²) in [7, 11) is 2.96. The number of H-pyrrole nitrogens is 2. The summed E-state index contributed by atoms with van der Waals surface area (Å²) < 4.78 is 2.31. The average Bonchev–Trinajstić information content (AvgIpc) is 3.07. The molecule has 0 aliphatic heterocycles. The van der Waals surface area contributed by atoms with E-state index >= 15 is 0 Å². The van der Waals surface area contributed by atoms with E-state index in [0.29, 0.717) is 18.2 Å². The van der Waals surface area contributed by atoms with Gasteiger partial charge in [-0.15, -0.1) is 0 Å². The third kappa shape index (κ3) is 2.18. The Morgan fingerprint density at radius 3 is 2.67 bits per heavy atom. The van der Waals surface area contributed by atoms with Crippen molar-refractivity contribution in [3.8, 4) is 0 Å². The standard InChI is InChI=1S/C11H12N6O3S/c1-16-7-6(8(18)17(2)11(16)20)14-9(15-7)12-3-5-4-21-10(19)13-5/h4H,3H2,1-2H3,(H,13,19)(H2,12,14,15). The lowest BCUT2D eigenvalue weighted by atomic mass is 10.5. The number of aryl methyl sites for hydroxylation is 1. The molecule has 0 amide bonds. The van der Waals surface area contributed by atoms with Crippen molar-refractivity contribution < 1.29 is 0 Å². The molecule has 3 aromatic rings. The molecule has 0 saturated carbocycles. The van der Waals surface area contributed by atoms with Crippen molar-refractivity contribution in [1.29, 1.82) is 0 Å². The first kappa shape index (κ1) is 13.4. The molecule has 0 saturated heterocycles. The molecule has 3 aromatic heterocycles. The van der Waals surface area contributed by atoms with E-state index in [1.54, 1.807) is 12.4 Å². The van der Waals surface area contributed by atoms with Gasteiger partial charge in [-0.3, -0.25) is 18.7 Å². The minimum absolute atomic E-state index is 0.132. The second-order valence-corrected chi connectivity index (χ2v) is 5.36. The fraction of sp³-hybridized carbons (Fsp3) is 0.273. The number of aromatic amines is 2.